The number of benzene rings is 3. The van der Waals surface area contributed by atoms with Gasteiger partial charge in [0.1, 0.15) is 11.9 Å². The summed E-state index contributed by atoms with van der Waals surface area (Å²) in [4.78, 5) is 0. The van der Waals surface area contributed by atoms with Crippen LogP contribution in [0.4, 0.5) is 4.39 Å². The van der Waals surface area contributed by atoms with Crippen molar-refractivity contribution in [3.63, 3.8) is 0 Å². The van der Waals surface area contributed by atoms with Gasteiger partial charge in [-0.1, -0.05) is 66.7 Å². The molecule has 0 heterocycles. The Morgan fingerprint density at radius 3 is 2.00 bits per heavy atom. The van der Waals surface area contributed by atoms with Gasteiger partial charge in [0.25, 0.3) is 0 Å². The minimum Gasteiger partial charge on any atom is -0.384 e. The second-order valence-corrected chi connectivity index (χ2v) is 4.95. The van der Waals surface area contributed by atoms with E-state index in [2.05, 4.69) is 0 Å². The molecule has 0 unspecified atom stereocenters. The van der Waals surface area contributed by atoms with Crippen molar-refractivity contribution in [2.24, 2.45) is 0 Å². The largest absolute Gasteiger partial charge is 0.384 e. The van der Waals surface area contributed by atoms with Crippen LogP contribution in [0.1, 0.15) is 17.2 Å². The van der Waals surface area contributed by atoms with E-state index < -0.39 is 6.10 Å². The van der Waals surface area contributed by atoms with E-state index in [1.54, 1.807) is 12.1 Å². The molecule has 104 valence electrons. The molecule has 2 heteroatoms. The minimum absolute atomic E-state index is 0.340. The Hall–Kier alpha value is -2.45. The number of aliphatic hydroxyl groups is 1. The minimum atomic E-state index is -0.814. The average Bonchev–Trinajstić information content (AvgIpc) is 2.55. The summed E-state index contributed by atoms with van der Waals surface area (Å²) in [5.41, 5.74) is 3.53. The average molecular weight is 278 g/mol. The third-order valence-corrected chi connectivity index (χ3v) is 3.50. The molecule has 1 nitrogen and oxygen atoms in total. The maximum absolute atomic E-state index is 13.2. The molecule has 0 amide bonds. The monoisotopic (exact) mass is 278 g/mol. The molecule has 0 saturated heterocycles. The molecule has 0 saturated carbocycles. The maximum Gasteiger partial charge on any atom is 0.123 e. The second-order valence-electron chi connectivity index (χ2n) is 4.95. The van der Waals surface area contributed by atoms with Crippen LogP contribution in [0.5, 0.6) is 0 Å². The molecule has 3 aromatic rings. The van der Waals surface area contributed by atoms with E-state index in [0.29, 0.717) is 5.56 Å². The van der Waals surface area contributed by atoms with Gasteiger partial charge in [-0.2, -0.15) is 0 Å². The Morgan fingerprint density at radius 2 is 1.33 bits per heavy atom. The van der Waals surface area contributed by atoms with E-state index in [1.807, 2.05) is 54.6 Å². The zero-order valence-corrected chi connectivity index (χ0v) is 11.4. The molecule has 3 rings (SSSR count). The van der Waals surface area contributed by atoms with E-state index in [9.17, 15) is 9.50 Å². The Labute approximate surface area is 123 Å². The molecule has 0 bridgehead atoms. The van der Waals surface area contributed by atoms with Gasteiger partial charge < -0.3 is 5.11 Å². The van der Waals surface area contributed by atoms with Crippen LogP contribution in [0.25, 0.3) is 11.1 Å². The highest BCUT2D eigenvalue weighted by molar-refractivity contribution is 5.63. The highest BCUT2D eigenvalue weighted by Gasteiger charge is 2.11. The molecule has 0 aromatic heterocycles. The van der Waals surface area contributed by atoms with Crippen molar-refractivity contribution in [3.8, 4) is 11.1 Å². The zero-order chi connectivity index (χ0) is 14.7. The Morgan fingerprint density at radius 1 is 0.667 bits per heavy atom. The summed E-state index contributed by atoms with van der Waals surface area (Å²) in [7, 11) is 0. The predicted molar refractivity (Wildman–Crippen MR) is 82.3 cm³/mol. The molecule has 21 heavy (non-hydrogen) atoms. The molecule has 0 spiro atoms. The van der Waals surface area contributed by atoms with Gasteiger partial charge in [0.2, 0.25) is 0 Å². The Balaban J connectivity index is 1.87. The van der Waals surface area contributed by atoms with Gasteiger partial charge in [0.05, 0.1) is 0 Å². The highest BCUT2D eigenvalue weighted by atomic mass is 19.1. The smallest absolute Gasteiger partial charge is 0.123 e. The first-order chi connectivity index (χ1) is 10.2. The summed E-state index contributed by atoms with van der Waals surface area (Å²) in [6.07, 6.45) is -0.814. The van der Waals surface area contributed by atoms with Gasteiger partial charge in [-0.05, 0) is 34.4 Å². The third-order valence-electron chi connectivity index (χ3n) is 3.50. The lowest BCUT2D eigenvalue weighted by atomic mass is 9.98. The summed E-state index contributed by atoms with van der Waals surface area (Å²) < 4.78 is 13.2. The van der Waals surface area contributed by atoms with Crippen LogP contribution in [-0.2, 0) is 0 Å². The van der Waals surface area contributed by atoms with Crippen molar-refractivity contribution in [3.05, 3.63) is 95.8 Å². The normalized spacial score (nSPS) is 12.1. The molecule has 1 N–H and O–H groups in total. The van der Waals surface area contributed by atoms with Crippen LogP contribution in [0.3, 0.4) is 0 Å². The van der Waals surface area contributed by atoms with Crippen LogP contribution in [0.2, 0.25) is 0 Å². The lowest BCUT2D eigenvalue weighted by Gasteiger charge is -2.12. The van der Waals surface area contributed by atoms with Gasteiger partial charge in [0, 0.05) is 0 Å². The van der Waals surface area contributed by atoms with Gasteiger partial charge in [-0.15, -0.1) is 0 Å². The fourth-order valence-electron chi connectivity index (χ4n) is 2.36. The molecule has 0 aliphatic carbocycles. The first-order valence-electron chi connectivity index (χ1n) is 6.83. The molecule has 0 radical (unpaired) electrons. The number of rotatable bonds is 3. The van der Waals surface area contributed by atoms with Gasteiger partial charge in [-0.25, -0.2) is 4.39 Å². The molecular weight excluding hydrogens is 263 g/mol. The fourth-order valence-corrected chi connectivity index (χ4v) is 2.36. The van der Waals surface area contributed by atoms with Crippen molar-refractivity contribution >= 4 is 0 Å². The van der Waals surface area contributed by atoms with Gasteiger partial charge in [-0.3, -0.25) is 0 Å². The van der Waals surface area contributed by atoms with E-state index >= 15 is 0 Å². The number of hydrogen-bond acceptors (Lipinski definition) is 1. The zero-order valence-electron chi connectivity index (χ0n) is 11.4. The lowest BCUT2D eigenvalue weighted by molar-refractivity contribution is 0.220. The summed E-state index contributed by atoms with van der Waals surface area (Å²) in [5, 5.41) is 10.3. The van der Waals surface area contributed by atoms with Crippen molar-refractivity contribution < 1.29 is 9.50 Å². The lowest BCUT2D eigenvalue weighted by Crippen LogP contribution is -1.99. The van der Waals surface area contributed by atoms with E-state index in [1.165, 1.54) is 12.1 Å². The van der Waals surface area contributed by atoms with Crippen LogP contribution < -0.4 is 0 Å². The quantitative estimate of drug-likeness (QED) is 0.743. The molecule has 0 fully saturated rings. The summed E-state index contributed by atoms with van der Waals surface area (Å²) in [6.45, 7) is 0. The predicted octanol–water partition coefficient (Wildman–Crippen LogP) is 4.57. The van der Waals surface area contributed by atoms with Crippen LogP contribution in [-0.4, -0.2) is 5.11 Å². The van der Waals surface area contributed by atoms with E-state index in [4.69, 9.17) is 0 Å². The number of aliphatic hydroxyl groups excluding tert-OH is 1. The maximum atomic E-state index is 13.2. The number of hydrogen-bond donors (Lipinski definition) is 1. The molecular formula is C19H15FO. The fraction of sp³-hybridized carbons (Fsp3) is 0.0526. The van der Waals surface area contributed by atoms with Gasteiger partial charge in [0.15, 0.2) is 0 Å². The van der Waals surface area contributed by atoms with Crippen LogP contribution in [0.15, 0.2) is 78.9 Å². The topological polar surface area (TPSA) is 20.2 Å². The van der Waals surface area contributed by atoms with Crippen molar-refractivity contribution in [1.82, 2.24) is 0 Å². The molecule has 1 atom stereocenters. The first-order valence-corrected chi connectivity index (χ1v) is 6.83. The molecule has 3 aromatic carbocycles. The van der Waals surface area contributed by atoms with E-state index in [0.717, 1.165) is 16.7 Å². The molecule has 0 aliphatic rings. The Bertz CT molecular complexity index is 720. The summed E-state index contributed by atoms with van der Waals surface area (Å²) in [6, 6.07) is 23.8. The first kappa shape index (κ1) is 13.5. The molecule has 0 aliphatic heterocycles. The summed E-state index contributed by atoms with van der Waals surface area (Å²) >= 11 is 0. The van der Waals surface area contributed by atoms with Crippen LogP contribution in [0, 0.1) is 5.82 Å². The SMILES string of the molecule is O[C@@H](c1ccc(-c2ccccc2)cc1)c1cccc(F)c1. The van der Waals surface area contributed by atoms with Crippen molar-refractivity contribution in [2.75, 3.05) is 0 Å². The highest BCUT2D eigenvalue weighted by Crippen LogP contribution is 2.25. The second kappa shape index (κ2) is 5.90. The van der Waals surface area contributed by atoms with Crippen molar-refractivity contribution in [2.45, 2.75) is 6.10 Å². The van der Waals surface area contributed by atoms with E-state index in [-0.39, 0.29) is 5.82 Å². The van der Waals surface area contributed by atoms with Crippen LogP contribution >= 0.6 is 0 Å². The van der Waals surface area contributed by atoms with Gasteiger partial charge >= 0.3 is 0 Å². The third kappa shape index (κ3) is 3.01. The van der Waals surface area contributed by atoms with Crippen molar-refractivity contribution in [1.29, 1.82) is 0 Å². The Kier molecular flexibility index (Phi) is 3.80. The summed E-state index contributed by atoms with van der Waals surface area (Å²) in [5.74, 6) is -0.340. The standard InChI is InChI=1S/C19H15FO/c20-18-8-4-7-17(13-18)19(21)16-11-9-15(10-12-16)14-5-2-1-3-6-14/h1-13,19,21H/t19-/m0/s1. The number of halogens is 1.